The minimum Gasteiger partial charge on any atom is -0.339 e. The molecular formula is C16H17F3N4O. The van der Waals surface area contributed by atoms with Crippen LogP contribution in [0, 0.1) is 0 Å². The van der Waals surface area contributed by atoms with Crippen molar-refractivity contribution in [2.45, 2.75) is 25.1 Å². The molecule has 1 aromatic carbocycles. The summed E-state index contributed by atoms with van der Waals surface area (Å²) in [5, 5.41) is 3.52. The van der Waals surface area contributed by atoms with Gasteiger partial charge in [0.2, 0.25) is 0 Å². The van der Waals surface area contributed by atoms with Gasteiger partial charge >= 0.3 is 6.18 Å². The maximum atomic E-state index is 12.7. The number of aromatic nitrogens is 2. The molecule has 1 saturated heterocycles. The Morgan fingerprint density at radius 3 is 2.54 bits per heavy atom. The van der Waals surface area contributed by atoms with Crippen LogP contribution in [0.25, 0.3) is 5.69 Å². The number of hydrogen-bond donors (Lipinski definition) is 1. The Kier molecular flexibility index (Phi) is 4.31. The van der Waals surface area contributed by atoms with E-state index in [-0.39, 0.29) is 11.9 Å². The highest BCUT2D eigenvalue weighted by atomic mass is 19.4. The van der Waals surface area contributed by atoms with E-state index in [4.69, 9.17) is 5.73 Å². The van der Waals surface area contributed by atoms with Crippen molar-refractivity contribution in [2.24, 2.45) is 5.73 Å². The topological polar surface area (TPSA) is 64.2 Å². The Morgan fingerprint density at radius 1 is 1.21 bits per heavy atom. The number of halogens is 3. The number of benzene rings is 1. The number of piperidine rings is 1. The molecule has 0 spiro atoms. The predicted molar refractivity (Wildman–Crippen MR) is 81.7 cm³/mol. The summed E-state index contributed by atoms with van der Waals surface area (Å²) in [4.78, 5) is 14.2. The molecule has 0 radical (unpaired) electrons. The van der Waals surface area contributed by atoms with Crippen LogP contribution in [0.3, 0.4) is 0 Å². The zero-order valence-corrected chi connectivity index (χ0v) is 12.8. The lowest BCUT2D eigenvalue weighted by Crippen LogP contribution is -2.42. The van der Waals surface area contributed by atoms with Crippen LogP contribution >= 0.6 is 0 Å². The number of hydrogen-bond acceptors (Lipinski definition) is 3. The molecule has 1 aromatic heterocycles. The van der Waals surface area contributed by atoms with Crippen LogP contribution in [-0.4, -0.2) is 39.7 Å². The largest absolute Gasteiger partial charge is 0.435 e. The van der Waals surface area contributed by atoms with Gasteiger partial charge in [-0.15, -0.1) is 0 Å². The van der Waals surface area contributed by atoms with E-state index in [2.05, 4.69) is 5.10 Å². The lowest BCUT2D eigenvalue weighted by Gasteiger charge is -2.30. The van der Waals surface area contributed by atoms with Gasteiger partial charge in [0.05, 0.1) is 5.69 Å². The average Bonchev–Trinajstić information content (AvgIpc) is 3.05. The van der Waals surface area contributed by atoms with Crippen LogP contribution < -0.4 is 5.73 Å². The summed E-state index contributed by atoms with van der Waals surface area (Å²) >= 11 is 0. The molecule has 8 heteroatoms. The second-order valence-corrected chi connectivity index (χ2v) is 5.82. The number of nitrogens with zero attached hydrogens (tertiary/aromatic N) is 3. The van der Waals surface area contributed by atoms with E-state index in [0.717, 1.165) is 23.6 Å². The van der Waals surface area contributed by atoms with E-state index in [0.29, 0.717) is 24.3 Å². The van der Waals surface area contributed by atoms with Crippen LogP contribution in [-0.2, 0) is 6.18 Å². The molecule has 0 saturated carbocycles. The molecule has 2 aromatic rings. The fourth-order valence-corrected chi connectivity index (χ4v) is 2.69. The number of carbonyl (C=O) groups is 1. The van der Waals surface area contributed by atoms with Gasteiger partial charge in [0, 0.05) is 30.9 Å². The zero-order chi connectivity index (χ0) is 17.3. The van der Waals surface area contributed by atoms with E-state index < -0.39 is 11.9 Å². The molecule has 128 valence electrons. The minimum atomic E-state index is -4.49. The summed E-state index contributed by atoms with van der Waals surface area (Å²) in [5.74, 6) is -0.146. The minimum absolute atomic E-state index is 0.116. The second-order valence-electron chi connectivity index (χ2n) is 5.82. The van der Waals surface area contributed by atoms with Crippen molar-refractivity contribution in [2.75, 3.05) is 13.1 Å². The number of rotatable bonds is 2. The predicted octanol–water partition coefficient (Wildman–Crippen LogP) is 2.45. The molecule has 3 rings (SSSR count). The number of alkyl halides is 3. The van der Waals surface area contributed by atoms with Crippen molar-refractivity contribution < 1.29 is 18.0 Å². The van der Waals surface area contributed by atoms with Crippen molar-refractivity contribution in [3.63, 3.8) is 0 Å². The molecule has 0 unspecified atom stereocenters. The maximum absolute atomic E-state index is 12.7. The van der Waals surface area contributed by atoms with Gasteiger partial charge in [0.25, 0.3) is 5.91 Å². The first-order valence-corrected chi connectivity index (χ1v) is 7.63. The van der Waals surface area contributed by atoms with Gasteiger partial charge in [-0.05, 0) is 37.1 Å². The summed E-state index contributed by atoms with van der Waals surface area (Å²) in [7, 11) is 0. The Morgan fingerprint density at radius 2 is 1.92 bits per heavy atom. The molecule has 0 aliphatic carbocycles. The van der Waals surface area contributed by atoms with Crippen LogP contribution in [0.4, 0.5) is 13.2 Å². The fraction of sp³-hybridized carbons (Fsp3) is 0.375. The maximum Gasteiger partial charge on any atom is 0.435 e. The van der Waals surface area contributed by atoms with E-state index in [1.54, 1.807) is 29.2 Å². The van der Waals surface area contributed by atoms with E-state index >= 15 is 0 Å². The molecule has 1 aliphatic heterocycles. The van der Waals surface area contributed by atoms with Crippen LogP contribution in [0.15, 0.2) is 36.5 Å². The normalized spacial score (nSPS) is 16.4. The van der Waals surface area contributed by atoms with E-state index in [1.807, 2.05) is 0 Å². The van der Waals surface area contributed by atoms with Gasteiger partial charge in [-0.2, -0.15) is 18.3 Å². The highest BCUT2D eigenvalue weighted by Crippen LogP contribution is 2.28. The third-order valence-electron chi connectivity index (χ3n) is 4.06. The Balaban J connectivity index is 1.81. The van der Waals surface area contributed by atoms with Crippen molar-refractivity contribution in [3.05, 3.63) is 47.8 Å². The van der Waals surface area contributed by atoms with Gasteiger partial charge < -0.3 is 10.6 Å². The van der Waals surface area contributed by atoms with Gasteiger partial charge in [-0.3, -0.25) is 4.79 Å². The van der Waals surface area contributed by atoms with Crippen molar-refractivity contribution in [3.8, 4) is 5.69 Å². The SMILES string of the molecule is NC1CCN(C(=O)c2cccc(-n3ccc(C(F)(F)F)n3)c2)CC1. The van der Waals surface area contributed by atoms with Gasteiger partial charge in [-0.1, -0.05) is 6.07 Å². The average molecular weight is 338 g/mol. The number of carbonyl (C=O) groups excluding carboxylic acids is 1. The Bertz CT molecular complexity index is 733. The summed E-state index contributed by atoms with van der Waals surface area (Å²) in [6.45, 7) is 1.18. The third-order valence-corrected chi connectivity index (χ3v) is 4.06. The van der Waals surface area contributed by atoms with Gasteiger partial charge in [0.1, 0.15) is 0 Å². The molecular weight excluding hydrogens is 321 g/mol. The monoisotopic (exact) mass is 338 g/mol. The van der Waals surface area contributed by atoms with Gasteiger partial charge in [0.15, 0.2) is 5.69 Å². The van der Waals surface area contributed by atoms with Gasteiger partial charge in [-0.25, -0.2) is 4.68 Å². The zero-order valence-electron chi connectivity index (χ0n) is 12.8. The lowest BCUT2D eigenvalue weighted by molar-refractivity contribution is -0.141. The molecule has 24 heavy (non-hydrogen) atoms. The highest BCUT2D eigenvalue weighted by Gasteiger charge is 2.33. The highest BCUT2D eigenvalue weighted by molar-refractivity contribution is 5.94. The number of nitrogens with two attached hydrogens (primary N) is 1. The van der Waals surface area contributed by atoms with Crippen LogP contribution in [0.2, 0.25) is 0 Å². The first-order valence-electron chi connectivity index (χ1n) is 7.63. The van der Waals surface area contributed by atoms with E-state index in [1.165, 1.54) is 6.20 Å². The smallest absolute Gasteiger partial charge is 0.339 e. The molecule has 2 heterocycles. The summed E-state index contributed by atoms with van der Waals surface area (Å²) in [6.07, 6.45) is -1.77. The third kappa shape index (κ3) is 3.43. The lowest BCUT2D eigenvalue weighted by atomic mass is 10.0. The molecule has 0 bridgehead atoms. The van der Waals surface area contributed by atoms with E-state index in [9.17, 15) is 18.0 Å². The Hall–Kier alpha value is -2.35. The summed E-state index contributed by atoms with van der Waals surface area (Å²) in [5.41, 5.74) is 5.69. The molecule has 5 nitrogen and oxygen atoms in total. The van der Waals surface area contributed by atoms with Crippen molar-refractivity contribution in [1.82, 2.24) is 14.7 Å². The van der Waals surface area contributed by atoms with Crippen LogP contribution in [0.1, 0.15) is 28.9 Å². The standard InChI is InChI=1S/C16H17F3N4O/c17-16(18,19)14-6-9-23(21-14)13-3-1-2-11(10-13)15(24)22-7-4-12(20)5-8-22/h1-3,6,9-10,12H,4-5,7-8,20H2. The quantitative estimate of drug-likeness (QED) is 0.915. The second kappa shape index (κ2) is 6.27. The molecule has 1 amide bonds. The number of likely N-dealkylation sites (tertiary alicyclic amines) is 1. The number of amides is 1. The molecule has 1 fully saturated rings. The van der Waals surface area contributed by atoms with Crippen molar-refractivity contribution in [1.29, 1.82) is 0 Å². The summed E-state index contributed by atoms with van der Waals surface area (Å²) < 4.78 is 39.1. The molecule has 1 aliphatic rings. The summed E-state index contributed by atoms with van der Waals surface area (Å²) in [6, 6.07) is 7.45. The van der Waals surface area contributed by atoms with Crippen LogP contribution in [0.5, 0.6) is 0 Å². The first-order chi connectivity index (χ1) is 11.3. The molecule has 2 N–H and O–H groups in total. The fourth-order valence-electron chi connectivity index (χ4n) is 2.69. The van der Waals surface area contributed by atoms with Crippen molar-refractivity contribution >= 4 is 5.91 Å². The Labute approximate surface area is 136 Å². The molecule has 0 atom stereocenters. The first kappa shape index (κ1) is 16.5.